The number of halogens is 1. The van der Waals surface area contributed by atoms with Crippen LogP contribution >= 0.6 is 15.9 Å². The number of carbonyl (C=O) groups excluding carboxylic acids is 2. The van der Waals surface area contributed by atoms with E-state index < -0.39 is 0 Å². The Labute approximate surface area is 174 Å². The number of hydrogen-bond acceptors (Lipinski definition) is 3. The molecule has 0 radical (unpaired) electrons. The molecule has 28 heavy (non-hydrogen) atoms. The standard InChI is InChI=1S/C22H25BrN2O3/c1-4-15-11-17(23)10-14(3)21(15)24-22(27)16-12-20(26)25(13-16)18-6-8-19(9-7-18)28-5-2/h6-11,16H,4-5,12-13H2,1-3H3,(H,24,27). The molecule has 148 valence electrons. The van der Waals surface area contributed by atoms with Crippen LogP contribution in [-0.2, 0) is 16.0 Å². The van der Waals surface area contributed by atoms with Gasteiger partial charge in [0.15, 0.2) is 0 Å². The summed E-state index contributed by atoms with van der Waals surface area (Å²) < 4.78 is 6.44. The monoisotopic (exact) mass is 444 g/mol. The van der Waals surface area contributed by atoms with Crippen molar-refractivity contribution in [3.8, 4) is 5.75 Å². The molecule has 1 atom stereocenters. The quantitative estimate of drug-likeness (QED) is 0.701. The van der Waals surface area contributed by atoms with Crippen LogP contribution in [0.4, 0.5) is 11.4 Å². The Kier molecular flexibility index (Phi) is 6.39. The summed E-state index contributed by atoms with van der Waals surface area (Å²) in [6, 6.07) is 11.4. The molecule has 1 fully saturated rings. The van der Waals surface area contributed by atoms with Crippen LogP contribution in [0.3, 0.4) is 0 Å². The maximum atomic E-state index is 12.9. The summed E-state index contributed by atoms with van der Waals surface area (Å²) in [6.07, 6.45) is 1.04. The third-order valence-electron chi connectivity index (χ3n) is 4.97. The summed E-state index contributed by atoms with van der Waals surface area (Å²) in [4.78, 5) is 27.0. The number of nitrogens with one attached hydrogen (secondary N) is 1. The lowest BCUT2D eigenvalue weighted by Gasteiger charge is -2.18. The van der Waals surface area contributed by atoms with Gasteiger partial charge in [-0.1, -0.05) is 22.9 Å². The number of rotatable bonds is 6. The van der Waals surface area contributed by atoms with Gasteiger partial charge < -0.3 is 15.0 Å². The van der Waals surface area contributed by atoms with Gasteiger partial charge >= 0.3 is 0 Å². The second kappa shape index (κ2) is 8.78. The highest BCUT2D eigenvalue weighted by Gasteiger charge is 2.35. The van der Waals surface area contributed by atoms with Crippen LogP contribution in [0.2, 0.25) is 0 Å². The first-order valence-electron chi connectivity index (χ1n) is 9.56. The third-order valence-corrected chi connectivity index (χ3v) is 5.42. The highest BCUT2D eigenvalue weighted by Crippen LogP contribution is 2.30. The SMILES string of the molecule is CCOc1ccc(N2CC(C(=O)Nc3c(C)cc(Br)cc3CC)CC2=O)cc1. The number of hydrogen-bond donors (Lipinski definition) is 1. The molecule has 2 amide bonds. The Bertz CT molecular complexity index is 880. The molecule has 5 nitrogen and oxygen atoms in total. The smallest absolute Gasteiger partial charge is 0.229 e. The summed E-state index contributed by atoms with van der Waals surface area (Å²) in [5, 5.41) is 3.06. The average molecular weight is 445 g/mol. The van der Waals surface area contributed by atoms with Crippen LogP contribution < -0.4 is 15.0 Å². The number of carbonyl (C=O) groups is 2. The van der Waals surface area contributed by atoms with Gasteiger partial charge in [-0.3, -0.25) is 9.59 Å². The van der Waals surface area contributed by atoms with Crippen molar-refractivity contribution in [1.82, 2.24) is 0 Å². The molecule has 2 aromatic carbocycles. The second-order valence-corrected chi connectivity index (χ2v) is 7.85. The Morgan fingerprint density at radius 2 is 1.96 bits per heavy atom. The Hall–Kier alpha value is -2.34. The molecule has 1 heterocycles. The highest BCUT2D eigenvalue weighted by molar-refractivity contribution is 9.10. The van der Waals surface area contributed by atoms with Crippen molar-refractivity contribution in [2.75, 3.05) is 23.4 Å². The minimum Gasteiger partial charge on any atom is -0.494 e. The summed E-state index contributed by atoms with van der Waals surface area (Å²) >= 11 is 3.50. The molecule has 0 saturated carbocycles. The molecule has 1 unspecified atom stereocenters. The molecule has 0 aliphatic carbocycles. The predicted octanol–water partition coefficient (Wildman–Crippen LogP) is 4.71. The van der Waals surface area contributed by atoms with Gasteiger partial charge in [-0.2, -0.15) is 0 Å². The molecular formula is C22H25BrN2O3. The minimum atomic E-state index is -0.369. The van der Waals surface area contributed by atoms with Crippen molar-refractivity contribution in [3.63, 3.8) is 0 Å². The summed E-state index contributed by atoms with van der Waals surface area (Å²) in [7, 11) is 0. The normalized spacial score (nSPS) is 16.4. The Morgan fingerprint density at radius 1 is 1.25 bits per heavy atom. The van der Waals surface area contributed by atoms with E-state index in [4.69, 9.17) is 4.74 Å². The van der Waals surface area contributed by atoms with Gasteiger partial charge in [0, 0.05) is 28.8 Å². The van der Waals surface area contributed by atoms with Gasteiger partial charge in [0.05, 0.1) is 12.5 Å². The van der Waals surface area contributed by atoms with Gasteiger partial charge in [-0.25, -0.2) is 0 Å². The number of ether oxygens (including phenoxy) is 1. The van der Waals surface area contributed by atoms with E-state index in [1.165, 1.54) is 0 Å². The topological polar surface area (TPSA) is 58.6 Å². The maximum Gasteiger partial charge on any atom is 0.229 e. The number of aryl methyl sites for hydroxylation is 2. The minimum absolute atomic E-state index is 0.0347. The van der Waals surface area contributed by atoms with Crippen LogP contribution in [0.15, 0.2) is 40.9 Å². The molecule has 1 aliphatic heterocycles. The molecule has 2 aromatic rings. The van der Waals surface area contributed by atoms with E-state index in [0.717, 1.165) is 39.1 Å². The van der Waals surface area contributed by atoms with E-state index in [1.807, 2.05) is 50.2 Å². The zero-order valence-corrected chi connectivity index (χ0v) is 18.0. The molecule has 1 N–H and O–H groups in total. The first-order valence-corrected chi connectivity index (χ1v) is 10.3. The first kappa shape index (κ1) is 20.4. The van der Waals surface area contributed by atoms with Crippen LogP contribution in [0.1, 0.15) is 31.4 Å². The van der Waals surface area contributed by atoms with Gasteiger partial charge in [-0.05, 0) is 67.8 Å². The van der Waals surface area contributed by atoms with Gasteiger partial charge in [-0.15, -0.1) is 0 Å². The lowest BCUT2D eigenvalue weighted by atomic mass is 10.0. The van der Waals surface area contributed by atoms with Crippen molar-refractivity contribution in [2.45, 2.75) is 33.6 Å². The van der Waals surface area contributed by atoms with Crippen molar-refractivity contribution in [1.29, 1.82) is 0 Å². The van der Waals surface area contributed by atoms with E-state index in [2.05, 4.69) is 28.2 Å². The lowest BCUT2D eigenvalue weighted by Crippen LogP contribution is -2.28. The van der Waals surface area contributed by atoms with Crippen molar-refractivity contribution >= 4 is 39.1 Å². The van der Waals surface area contributed by atoms with Crippen molar-refractivity contribution < 1.29 is 14.3 Å². The van der Waals surface area contributed by atoms with Crippen LogP contribution in [0.5, 0.6) is 5.75 Å². The molecule has 1 saturated heterocycles. The van der Waals surface area contributed by atoms with Crippen LogP contribution in [-0.4, -0.2) is 25.0 Å². The molecule has 0 spiro atoms. The van der Waals surface area contributed by atoms with Crippen molar-refractivity contribution in [3.05, 3.63) is 52.0 Å². The highest BCUT2D eigenvalue weighted by atomic mass is 79.9. The Balaban J connectivity index is 1.72. The molecule has 1 aliphatic rings. The van der Waals surface area contributed by atoms with Gasteiger partial charge in [0.1, 0.15) is 5.75 Å². The first-order chi connectivity index (χ1) is 13.4. The zero-order chi connectivity index (χ0) is 20.3. The van der Waals surface area contributed by atoms with Gasteiger partial charge in [0.25, 0.3) is 0 Å². The maximum absolute atomic E-state index is 12.9. The fourth-order valence-corrected chi connectivity index (χ4v) is 4.14. The van der Waals surface area contributed by atoms with E-state index in [9.17, 15) is 9.59 Å². The molecule has 0 aromatic heterocycles. The number of amides is 2. The van der Waals surface area contributed by atoms with Crippen LogP contribution in [0, 0.1) is 12.8 Å². The van der Waals surface area contributed by atoms with Crippen LogP contribution in [0.25, 0.3) is 0 Å². The zero-order valence-electron chi connectivity index (χ0n) is 16.4. The Morgan fingerprint density at radius 3 is 2.61 bits per heavy atom. The summed E-state index contributed by atoms with van der Waals surface area (Å²) in [5.41, 5.74) is 3.72. The van der Waals surface area contributed by atoms with Gasteiger partial charge in [0.2, 0.25) is 11.8 Å². The van der Waals surface area contributed by atoms with E-state index in [-0.39, 0.29) is 24.2 Å². The predicted molar refractivity (Wildman–Crippen MR) is 115 cm³/mol. The molecule has 3 rings (SSSR count). The molecular weight excluding hydrogens is 420 g/mol. The number of nitrogens with zero attached hydrogens (tertiary/aromatic N) is 1. The number of anilines is 2. The number of benzene rings is 2. The fraction of sp³-hybridized carbons (Fsp3) is 0.364. The van der Waals surface area contributed by atoms with E-state index in [0.29, 0.717) is 13.2 Å². The average Bonchev–Trinajstić information content (AvgIpc) is 3.06. The van der Waals surface area contributed by atoms with Crippen molar-refractivity contribution in [2.24, 2.45) is 5.92 Å². The molecule has 0 bridgehead atoms. The largest absolute Gasteiger partial charge is 0.494 e. The molecule has 6 heteroatoms. The fourth-order valence-electron chi connectivity index (χ4n) is 3.52. The van der Waals surface area contributed by atoms with E-state index >= 15 is 0 Å². The van der Waals surface area contributed by atoms with E-state index in [1.54, 1.807) is 4.90 Å². The summed E-state index contributed by atoms with van der Waals surface area (Å²) in [6.45, 7) is 6.95. The third kappa shape index (κ3) is 4.38. The summed E-state index contributed by atoms with van der Waals surface area (Å²) in [5.74, 6) is 0.256. The second-order valence-electron chi connectivity index (χ2n) is 6.93. The lowest BCUT2D eigenvalue weighted by molar-refractivity contribution is -0.122.